The van der Waals surface area contributed by atoms with Gasteiger partial charge in [-0.2, -0.15) is 5.10 Å². The molecule has 7 heteroatoms. The van der Waals surface area contributed by atoms with Crippen LogP contribution in [0.25, 0.3) is 0 Å². The van der Waals surface area contributed by atoms with Gasteiger partial charge in [-0.3, -0.25) is 4.79 Å². The van der Waals surface area contributed by atoms with E-state index < -0.39 is 0 Å². The van der Waals surface area contributed by atoms with Crippen molar-refractivity contribution in [2.45, 2.75) is 0 Å². The Labute approximate surface area is 143 Å². The van der Waals surface area contributed by atoms with E-state index in [1.807, 2.05) is 6.07 Å². The average molecular weight is 350 g/mol. The number of carbonyl (C=O) groups excluding carboxylic acids is 1. The molecular weight excluding hydrogens is 334 g/mol. The van der Waals surface area contributed by atoms with Crippen molar-refractivity contribution >= 4 is 40.1 Å². The molecular formula is C16H16ClN3O2S. The minimum atomic E-state index is -0.284. The van der Waals surface area contributed by atoms with Crippen LogP contribution in [0.15, 0.2) is 41.5 Å². The standard InChI is InChI=1S/C16H16ClN3O2S/c17-13-3-1-2-12(10-13)16(21)19-18-11-14-4-5-15(23-14)20-6-8-22-9-7-20/h1-5,10-11H,6-9H2,(H,19,21)/b18-11-. The van der Waals surface area contributed by atoms with Crippen LogP contribution in [0.3, 0.4) is 0 Å². The molecule has 120 valence electrons. The highest BCUT2D eigenvalue weighted by atomic mass is 35.5. The summed E-state index contributed by atoms with van der Waals surface area (Å²) in [7, 11) is 0. The first-order chi connectivity index (χ1) is 11.2. The first kappa shape index (κ1) is 16.0. The number of carbonyl (C=O) groups is 1. The van der Waals surface area contributed by atoms with E-state index in [1.165, 1.54) is 5.00 Å². The predicted octanol–water partition coefficient (Wildman–Crippen LogP) is 3.00. The number of nitrogens with one attached hydrogen (secondary N) is 1. The van der Waals surface area contributed by atoms with Gasteiger partial charge in [-0.25, -0.2) is 5.43 Å². The minimum Gasteiger partial charge on any atom is -0.378 e. The highest BCUT2D eigenvalue weighted by Gasteiger charge is 2.12. The summed E-state index contributed by atoms with van der Waals surface area (Å²) < 4.78 is 5.35. The first-order valence-electron chi connectivity index (χ1n) is 7.24. The van der Waals surface area contributed by atoms with Crippen LogP contribution in [0.4, 0.5) is 5.00 Å². The normalized spacial score (nSPS) is 15.1. The molecule has 1 saturated heterocycles. The number of benzene rings is 1. The molecule has 0 unspecified atom stereocenters. The Morgan fingerprint density at radius 1 is 1.30 bits per heavy atom. The Morgan fingerprint density at radius 3 is 2.91 bits per heavy atom. The molecule has 1 N–H and O–H groups in total. The molecule has 2 heterocycles. The Bertz CT molecular complexity index is 711. The Balaban J connectivity index is 1.58. The molecule has 3 rings (SSSR count). The summed E-state index contributed by atoms with van der Waals surface area (Å²) in [4.78, 5) is 15.2. The molecule has 5 nitrogen and oxygen atoms in total. The van der Waals surface area contributed by atoms with Crippen molar-refractivity contribution in [2.75, 3.05) is 31.2 Å². The molecule has 1 aromatic heterocycles. The van der Waals surface area contributed by atoms with Crippen LogP contribution in [0, 0.1) is 0 Å². The lowest BCUT2D eigenvalue weighted by atomic mass is 10.2. The number of morpholine rings is 1. The van der Waals surface area contributed by atoms with Crippen molar-refractivity contribution in [3.63, 3.8) is 0 Å². The van der Waals surface area contributed by atoms with Crippen LogP contribution in [0.5, 0.6) is 0 Å². The maximum atomic E-state index is 11.9. The summed E-state index contributed by atoms with van der Waals surface area (Å²) in [6.07, 6.45) is 1.65. The van der Waals surface area contributed by atoms with Gasteiger partial charge < -0.3 is 9.64 Å². The molecule has 2 aromatic rings. The van der Waals surface area contributed by atoms with Gasteiger partial charge in [0.1, 0.15) is 0 Å². The van der Waals surface area contributed by atoms with Gasteiger partial charge in [-0.15, -0.1) is 11.3 Å². The van der Waals surface area contributed by atoms with E-state index >= 15 is 0 Å². The fourth-order valence-electron chi connectivity index (χ4n) is 2.21. The zero-order valence-corrected chi connectivity index (χ0v) is 13.9. The topological polar surface area (TPSA) is 53.9 Å². The Hall–Kier alpha value is -1.89. The zero-order valence-electron chi connectivity index (χ0n) is 12.4. The van der Waals surface area contributed by atoms with Crippen molar-refractivity contribution in [1.82, 2.24) is 5.43 Å². The SMILES string of the molecule is O=C(N/N=C\c1ccc(N2CCOCC2)s1)c1cccc(Cl)c1. The van der Waals surface area contributed by atoms with E-state index in [9.17, 15) is 4.79 Å². The number of nitrogens with zero attached hydrogens (tertiary/aromatic N) is 2. The van der Waals surface area contributed by atoms with Crippen LogP contribution in [-0.4, -0.2) is 38.4 Å². The highest BCUT2D eigenvalue weighted by molar-refractivity contribution is 7.17. The number of ether oxygens (including phenoxy) is 1. The number of hydrogen-bond donors (Lipinski definition) is 1. The van der Waals surface area contributed by atoms with E-state index in [4.69, 9.17) is 16.3 Å². The molecule has 0 radical (unpaired) electrons. The largest absolute Gasteiger partial charge is 0.378 e. The van der Waals surface area contributed by atoms with E-state index in [0.717, 1.165) is 31.2 Å². The first-order valence-corrected chi connectivity index (χ1v) is 8.43. The van der Waals surface area contributed by atoms with E-state index in [2.05, 4.69) is 21.5 Å². The molecule has 0 saturated carbocycles. The Kier molecular flexibility index (Phi) is 5.27. The smallest absolute Gasteiger partial charge is 0.271 e. The summed E-state index contributed by atoms with van der Waals surface area (Å²) in [5, 5.41) is 5.72. The number of rotatable bonds is 4. The second-order valence-corrected chi connectivity index (χ2v) is 6.52. The fourth-order valence-corrected chi connectivity index (χ4v) is 3.34. The quantitative estimate of drug-likeness (QED) is 0.682. The summed E-state index contributed by atoms with van der Waals surface area (Å²) in [5.41, 5.74) is 2.99. The Morgan fingerprint density at radius 2 is 2.13 bits per heavy atom. The van der Waals surface area contributed by atoms with Crippen molar-refractivity contribution in [3.8, 4) is 0 Å². The third-order valence-corrected chi connectivity index (χ3v) is 4.70. The molecule has 0 aliphatic carbocycles. The van der Waals surface area contributed by atoms with E-state index in [-0.39, 0.29) is 5.91 Å². The summed E-state index contributed by atoms with van der Waals surface area (Å²) >= 11 is 7.50. The van der Waals surface area contributed by atoms with Crippen LogP contribution < -0.4 is 10.3 Å². The van der Waals surface area contributed by atoms with Crippen LogP contribution >= 0.6 is 22.9 Å². The molecule has 0 spiro atoms. The number of anilines is 1. The monoisotopic (exact) mass is 349 g/mol. The van der Waals surface area contributed by atoms with Crippen LogP contribution in [0.2, 0.25) is 5.02 Å². The molecule has 1 aliphatic rings. The number of hydrazone groups is 1. The minimum absolute atomic E-state index is 0.284. The molecule has 1 aromatic carbocycles. The molecule has 1 fully saturated rings. The lowest BCUT2D eigenvalue weighted by Crippen LogP contribution is -2.35. The molecule has 1 aliphatic heterocycles. The summed E-state index contributed by atoms with van der Waals surface area (Å²) in [6.45, 7) is 3.33. The van der Waals surface area contributed by atoms with Gasteiger partial charge >= 0.3 is 0 Å². The second-order valence-electron chi connectivity index (χ2n) is 4.98. The fraction of sp³-hybridized carbons (Fsp3) is 0.250. The summed E-state index contributed by atoms with van der Waals surface area (Å²) in [5.74, 6) is -0.284. The van der Waals surface area contributed by atoms with Crippen molar-refractivity contribution in [2.24, 2.45) is 5.10 Å². The van der Waals surface area contributed by atoms with Crippen LogP contribution in [0.1, 0.15) is 15.2 Å². The number of amides is 1. The molecule has 23 heavy (non-hydrogen) atoms. The van der Waals surface area contributed by atoms with E-state index in [0.29, 0.717) is 10.6 Å². The van der Waals surface area contributed by atoms with Gasteiger partial charge in [0.05, 0.1) is 24.4 Å². The second kappa shape index (κ2) is 7.59. The lowest BCUT2D eigenvalue weighted by molar-refractivity contribution is 0.0955. The highest BCUT2D eigenvalue weighted by Crippen LogP contribution is 2.25. The van der Waals surface area contributed by atoms with Gasteiger partial charge in [0, 0.05) is 28.6 Å². The van der Waals surface area contributed by atoms with Gasteiger partial charge in [0.25, 0.3) is 5.91 Å². The average Bonchev–Trinajstić information content (AvgIpc) is 3.04. The zero-order chi connectivity index (χ0) is 16.1. The molecule has 0 atom stereocenters. The van der Waals surface area contributed by atoms with Crippen molar-refractivity contribution in [3.05, 3.63) is 51.9 Å². The predicted molar refractivity (Wildman–Crippen MR) is 93.9 cm³/mol. The van der Waals surface area contributed by atoms with Gasteiger partial charge in [-0.1, -0.05) is 17.7 Å². The number of thiophene rings is 1. The maximum Gasteiger partial charge on any atom is 0.271 e. The lowest BCUT2D eigenvalue weighted by Gasteiger charge is -2.27. The third-order valence-electron chi connectivity index (χ3n) is 3.38. The number of halogens is 1. The van der Waals surface area contributed by atoms with Gasteiger partial charge in [-0.05, 0) is 30.3 Å². The van der Waals surface area contributed by atoms with Crippen LogP contribution in [-0.2, 0) is 4.74 Å². The summed E-state index contributed by atoms with van der Waals surface area (Å²) in [6, 6.07) is 10.8. The third kappa shape index (κ3) is 4.31. The van der Waals surface area contributed by atoms with Crippen molar-refractivity contribution in [1.29, 1.82) is 0 Å². The maximum absolute atomic E-state index is 11.9. The van der Waals surface area contributed by atoms with Gasteiger partial charge in [0.15, 0.2) is 0 Å². The number of hydrogen-bond acceptors (Lipinski definition) is 5. The molecule has 0 bridgehead atoms. The van der Waals surface area contributed by atoms with E-state index in [1.54, 1.807) is 41.8 Å². The molecule has 1 amide bonds. The van der Waals surface area contributed by atoms with Gasteiger partial charge in [0.2, 0.25) is 0 Å². The van der Waals surface area contributed by atoms with Crippen molar-refractivity contribution < 1.29 is 9.53 Å².